The summed E-state index contributed by atoms with van der Waals surface area (Å²) in [5, 5.41) is 0. The Labute approximate surface area is 103 Å². The summed E-state index contributed by atoms with van der Waals surface area (Å²) in [7, 11) is 0. The Morgan fingerprint density at radius 3 is 1.94 bits per heavy atom. The molecule has 0 saturated heterocycles. The molecule has 1 heteroatoms. The predicted molar refractivity (Wildman–Crippen MR) is 71.2 cm³/mol. The molecule has 0 N–H and O–H groups in total. The van der Waals surface area contributed by atoms with Gasteiger partial charge in [0.2, 0.25) is 0 Å². The zero-order valence-electron chi connectivity index (χ0n) is 10.4. The van der Waals surface area contributed by atoms with E-state index in [0.717, 1.165) is 12.2 Å². The lowest BCUT2D eigenvalue weighted by molar-refractivity contribution is 0.0826. The molecule has 0 aliphatic heterocycles. The number of para-hydroxylation sites is 1. The summed E-state index contributed by atoms with van der Waals surface area (Å²) < 4.78 is 6.14. The van der Waals surface area contributed by atoms with Crippen LogP contribution in [-0.4, -0.2) is 0 Å². The van der Waals surface area contributed by atoms with Crippen molar-refractivity contribution < 1.29 is 4.74 Å². The summed E-state index contributed by atoms with van der Waals surface area (Å²) >= 11 is 0. The van der Waals surface area contributed by atoms with Crippen LogP contribution in [0.4, 0.5) is 0 Å². The highest BCUT2D eigenvalue weighted by Crippen LogP contribution is 2.30. The fourth-order valence-corrected chi connectivity index (χ4v) is 1.87. The Kier molecular flexibility index (Phi) is 3.48. The second-order valence-electron chi connectivity index (χ2n) is 4.37. The Morgan fingerprint density at radius 2 is 1.41 bits per heavy atom. The average molecular weight is 226 g/mol. The summed E-state index contributed by atoms with van der Waals surface area (Å²) in [6.45, 7) is 4.28. The van der Waals surface area contributed by atoms with E-state index in [-0.39, 0.29) is 5.60 Å². The van der Waals surface area contributed by atoms with Gasteiger partial charge in [0.15, 0.2) is 0 Å². The van der Waals surface area contributed by atoms with E-state index in [0.29, 0.717) is 0 Å². The van der Waals surface area contributed by atoms with Crippen LogP contribution in [0, 0.1) is 0 Å². The monoisotopic (exact) mass is 226 g/mol. The summed E-state index contributed by atoms with van der Waals surface area (Å²) in [5.41, 5.74) is 0.953. The van der Waals surface area contributed by atoms with E-state index in [1.165, 1.54) is 5.56 Å². The first-order chi connectivity index (χ1) is 8.24. The average Bonchev–Trinajstić information content (AvgIpc) is 2.41. The molecule has 0 fully saturated rings. The molecular formula is C16H18O. The molecule has 0 aromatic heterocycles. The van der Waals surface area contributed by atoms with Crippen LogP contribution in [0.25, 0.3) is 0 Å². The fraction of sp³-hybridized carbons (Fsp3) is 0.250. The first-order valence-corrected chi connectivity index (χ1v) is 6.04. The molecule has 0 spiro atoms. The molecule has 2 aromatic carbocycles. The van der Waals surface area contributed by atoms with E-state index >= 15 is 0 Å². The van der Waals surface area contributed by atoms with Crippen LogP contribution in [0.1, 0.15) is 25.8 Å². The summed E-state index contributed by atoms with van der Waals surface area (Å²) in [4.78, 5) is 0. The standard InChI is InChI=1S/C16H18O/c1-3-16(2,14-10-6-4-7-11-14)17-15-12-8-5-9-13-15/h4-13H,3H2,1-2H3/t16-/m1/s1. The van der Waals surface area contributed by atoms with Crippen molar-refractivity contribution in [2.45, 2.75) is 25.9 Å². The van der Waals surface area contributed by atoms with Crippen molar-refractivity contribution in [3.8, 4) is 5.75 Å². The third kappa shape index (κ3) is 2.68. The highest BCUT2D eigenvalue weighted by atomic mass is 16.5. The van der Waals surface area contributed by atoms with Crippen LogP contribution >= 0.6 is 0 Å². The van der Waals surface area contributed by atoms with Gasteiger partial charge in [-0.15, -0.1) is 0 Å². The molecule has 0 radical (unpaired) electrons. The molecule has 0 amide bonds. The Hall–Kier alpha value is -1.76. The van der Waals surface area contributed by atoms with Crippen LogP contribution in [0.15, 0.2) is 60.7 Å². The SMILES string of the molecule is CC[C@@](C)(Oc1ccccc1)c1ccccc1. The number of ether oxygens (including phenoxy) is 1. The van der Waals surface area contributed by atoms with Crippen LogP contribution < -0.4 is 4.74 Å². The minimum Gasteiger partial charge on any atom is -0.483 e. The van der Waals surface area contributed by atoms with Gasteiger partial charge in [-0.3, -0.25) is 0 Å². The minimum absolute atomic E-state index is 0.261. The maximum absolute atomic E-state index is 6.14. The van der Waals surface area contributed by atoms with Gasteiger partial charge in [-0.05, 0) is 31.0 Å². The summed E-state index contributed by atoms with van der Waals surface area (Å²) in [5.74, 6) is 0.917. The smallest absolute Gasteiger partial charge is 0.131 e. The van der Waals surface area contributed by atoms with E-state index in [4.69, 9.17) is 4.74 Å². The van der Waals surface area contributed by atoms with E-state index in [2.05, 4.69) is 38.1 Å². The molecule has 88 valence electrons. The van der Waals surface area contributed by atoms with Crippen molar-refractivity contribution in [2.24, 2.45) is 0 Å². The minimum atomic E-state index is -0.261. The zero-order chi connectivity index (χ0) is 12.1. The van der Waals surface area contributed by atoms with Gasteiger partial charge in [-0.1, -0.05) is 55.5 Å². The van der Waals surface area contributed by atoms with Gasteiger partial charge < -0.3 is 4.74 Å². The van der Waals surface area contributed by atoms with Gasteiger partial charge in [-0.25, -0.2) is 0 Å². The van der Waals surface area contributed by atoms with Crippen LogP contribution in [0.5, 0.6) is 5.75 Å². The molecule has 0 saturated carbocycles. The lowest BCUT2D eigenvalue weighted by Crippen LogP contribution is -2.28. The quantitative estimate of drug-likeness (QED) is 0.751. The van der Waals surface area contributed by atoms with Gasteiger partial charge in [0.25, 0.3) is 0 Å². The van der Waals surface area contributed by atoms with Gasteiger partial charge >= 0.3 is 0 Å². The van der Waals surface area contributed by atoms with Crippen molar-refractivity contribution in [2.75, 3.05) is 0 Å². The lowest BCUT2D eigenvalue weighted by Gasteiger charge is -2.30. The molecule has 17 heavy (non-hydrogen) atoms. The maximum Gasteiger partial charge on any atom is 0.131 e. The maximum atomic E-state index is 6.14. The Bertz CT molecular complexity index is 449. The third-order valence-corrected chi connectivity index (χ3v) is 3.15. The topological polar surface area (TPSA) is 9.23 Å². The van der Waals surface area contributed by atoms with Gasteiger partial charge in [0.1, 0.15) is 11.4 Å². The van der Waals surface area contributed by atoms with Crippen molar-refractivity contribution in [1.82, 2.24) is 0 Å². The lowest BCUT2D eigenvalue weighted by atomic mass is 9.93. The van der Waals surface area contributed by atoms with Gasteiger partial charge in [0.05, 0.1) is 0 Å². The number of benzene rings is 2. The Morgan fingerprint density at radius 1 is 0.882 bits per heavy atom. The first-order valence-electron chi connectivity index (χ1n) is 6.04. The molecule has 1 nitrogen and oxygen atoms in total. The van der Waals surface area contributed by atoms with Gasteiger partial charge in [0, 0.05) is 0 Å². The zero-order valence-corrected chi connectivity index (χ0v) is 10.4. The van der Waals surface area contributed by atoms with Crippen molar-refractivity contribution in [1.29, 1.82) is 0 Å². The fourth-order valence-electron chi connectivity index (χ4n) is 1.87. The highest BCUT2D eigenvalue weighted by Gasteiger charge is 2.26. The van der Waals surface area contributed by atoms with Crippen LogP contribution in [0.2, 0.25) is 0 Å². The molecule has 0 heterocycles. The number of hydrogen-bond acceptors (Lipinski definition) is 1. The molecule has 2 aromatic rings. The van der Waals surface area contributed by atoms with Crippen molar-refractivity contribution in [3.05, 3.63) is 66.2 Å². The number of rotatable bonds is 4. The third-order valence-electron chi connectivity index (χ3n) is 3.15. The molecule has 1 atom stereocenters. The molecule has 0 bridgehead atoms. The predicted octanol–water partition coefficient (Wildman–Crippen LogP) is 4.39. The van der Waals surface area contributed by atoms with E-state index < -0.39 is 0 Å². The second kappa shape index (κ2) is 5.05. The number of hydrogen-bond donors (Lipinski definition) is 0. The molecule has 0 aliphatic rings. The molecule has 0 unspecified atom stereocenters. The van der Waals surface area contributed by atoms with Gasteiger partial charge in [-0.2, -0.15) is 0 Å². The largest absolute Gasteiger partial charge is 0.483 e. The van der Waals surface area contributed by atoms with E-state index in [1.54, 1.807) is 0 Å². The first kappa shape index (κ1) is 11.7. The van der Waals surface area contributed by atoms with Crippen LogP contribution in [0.3, 0.4) is 0 Å². The molecule has 0 aliphatic carbocycles. The Balaban J connectivity index is 2.27. The van der Waals surface area contributed by atoms with E-state index in [1.807, 2.05) is 36.4 Å². The second-order valence-corrected chi connectivity index (χ2v) is 4.37. The van der Waals surface area contributed by atoms with E-state index in [9.17, 15) is 0 Å². The van der Waals surface area contributed by atoms with Crippen molar-refractivity contribution >= 4 is 0 Å². The van der Waals surface area contributed by atoms with Crippen molar-refractivity contribution in [3.63, 3.8) is 0 Å². The molecule has 2 rings (SSSR count). The highest BCUT2D eigenvalue weighted by molar-refractivity contribution is 5.27. The van der Waals surface area contributed by atoms with Crippen LogP contribution in [-0.2, 0) is 5.60 Å². The normalized spacial score (nSPS) is 14.0. The summed E-state index contributed by atoms with van der Waals surface area (Å²) in [6, 6.07) is 20.4. The summed E-state index contributed by atoms with van der Waals surface area (Å²) in [6.07, 6.45) is 0.936. The molecular weight excluding hydrogens is 208 g/mol.